The molecule has 7 nitrogen and oxygen atoms in total. The molecule has 3 aromatic carbocycles. The zero-order valence-corrected chi connectivity index (χ0v) is 20.6. The smallest absolute Gasteiger partial charge is 0.262 e. The third-order valence-corrected chi connectivity index (χ3v) is 7.02. The number of hydrogen-bond donors (Lipinski definition) is 2. The van der Waals surface area contributed by atoms with Gasteiger partial charge in [-0.15, -0.1) is 0 Å². The average molecular weight is 499 g/mol. The van der Waals surface area contributed by atoms with Gasteiger partial charge in [-0.05, 0) is 48.3 Å². The predicted octanol–water partition coefficient (Wildman–Crippen LogP) is 4.38. The molecule has 0 bridgehead atoms. The maximum atomic E-state index is 13.8. The lowest BCUT2D eigenvalue weighted by Gasteiger charge is -2.27. The number of thioether (sulfide) groups is 1. The van der Waals surface area contributed by atoms with Gasteiger partial charge in [0, 0.05) is 6.42 Å². The van der Waals surface area contributed by atoms with Crippen molar-refractivity contribution >= 4 is 40.5 Å². The summed E-state index contributed by atoms with van der Waals surface area (Å²) in [6.07, 6.45) is 2.87. The van der Waals surface area contributed by atoms with Crippen molar-refractivity contribution in [3.8, 4) is 0 Å². The Labute approximate surface area is 213 Å². The summed E-state index contributed by atoms with van der Waals surface area (Å²) >= 11 is 1.68. The van der Waals surface area contributed by atoms with E-state index in [0.29, 0.717) is 23.4 Å². The summed E-state index contributed by atoms with van der Waals surface area (Å²) in [5.41, 5.74) is 3.21. The second kappa shape index (κ2) is 10.4. The van der Waals surface area contributed by atoms with Crippen molar-refractivity contribution in [1.29, 1.82) is 0 Å². The summed E-state index contributed by atoms with van der Waals surface area (Å²) in [6, 6.07) is 22.4. The molecule has 4 aromatic rings. The number of imidazole rings is 1. The number of rotatable bonds is 9. The number of aromatic amines is 1. The summed E-state index contributed by atoms with van der Waals surface area (Å²) in [7, 11) is 0. The van der Waals surface area contributed by atoms with Crippen molar-refractivity contribution < 1.29 is 14.4 Å². The van der Waals surface area contributed by atoms with E-state index in [1.807, 2.05) is 60.9 Å². The molecule has 1 aliphatic heterocycles. The Kier molecular flexibility index (Phi) is 6.86. The van der Waals surface area contributed by atoms with Crippen molar-refractivity contribution in [3.63, 3.8) is 0 Å². The summed E-state index contributed by atoms with van der Waals surface area (Å²) < 4.78 is 0. The molecule has 182 valence electrons. The molecule has 2 unspecified atom stereocenters. The number of carbonyl (C=O) groups is 3. The van der Waals surface area contributed by atoms with Gasteiger partial charge in [-0.3, -0.25) is 19.3 Å². The molecule has 36 heavy (non-hydrogen) atoms. The monoisotopic (exact) mass is 498 g/mol. The van der Waals surface area contributed by atoms with Gasteiger partial charge in [0.1, 0.15) is 11.9 Å². The van der Waals surface area contributed by atoms with Crippen LogP contribution in [0.25, 0.3) is 11.0 Å². The molecule has 0 saturated carbocycles. The topological polar surface area (TPSA) is 95.2 Å². The first-order valence-corrected chi connectivity index (χ1v) is 13.2. The normalized spacial score (nSPS) is 14.6. The van der Waals surface area contributed by atoms with E-state index in [1.54, 1.807) is 36.0 Å². The molecule has 0 radical (unpaired) electrons. The number of imide groups is 1. The third kappa shape index (κ3) is 4.64. The van der Waals surface area contributed by atoms with E-state index in [-0.39, 0.29) is 12.3 Å². The lowest BCUT2D eigenvalue weighted by molar-refractivity contribution is -0.125. The molecule has 0 aliphatic carbocycles. The zero-order chi connectivity index (χ0) is 25.1. The average Bonchev–Trinajstić information content (AvgIpc) is 3.45. The Hall–Kier alpha value is -3.91. The Bertz CT molecular complexity index is 1350. The number of nitrogens with zero attached hydrogens (tertiary/aromatic N) is 2. The fourth-order valence-corrected chi connectivity index (χ4v) is 5.02. The summed E-state index contributed by atoms with van der Waals surface area (Å²) in [5, 5.41) is 3.10. The number of H-pyrrole nitrogens is 1. The Morgan fingerprint density at radius 3 is 2.25 bits per heavy atom. The number of carbonyl (C=O) groups excluding carboxylic acids is 3. The first-order valence-electron chi connectivity index (χ1n) is 11.8. The first-order chi connectivity index (χ1) is 17.6. The fourth-order valence-electron chi connectivity index (χ4n) is 4.55. The van der Waals surface area contributed by atoms with E-state index in [0.717, 1.165) is 27.2 Å². The van der Waals surface area contributed by atoms with Crippen LogP contribution in [0.2, 0.25) is 0 Å². The molecule has 0 fully saturated rings. The number of hydrogen-bond acceptors (Lipinski definition) is 5. The van der Waals surface area contributed by atoms with Crippen LogP contribution in [-0.4, -0.2) is 50.6 Å². The maximum absolute atomic E-state index is 13.8. The molecule has 2 heterocycles. The van der Waals surface area contributed by atoms with Gasteiger partial charge in [0.2, 0.25) is 5.91 Å². The van der Waals surface area contributed by atoms with Crippen molar-refractivity contribution in [1.82, 2.24) is 20.2 Å². The third-order valence-electron chi connectivity index (χ3n) is 6.38. The molecule has 2 atom stereocenters. The minimum Gasteiger partial charge on any atom is -0.344 e. The second-order valence-corrected chi connectivity index (χ2v) is 9.70. The Morgan fingerprint density at radius 1 is 0.944 bits per heavy atom. The maximum Gasteiger partial charge on any atom is 0.262 e. The van der Waals surface area contributed by atoms with Crippen LogP contribution in [0.5, 0.6) is 0 Å². The minimum atomic E-state index is -0.999. The number of fused-ring (bicyclic) bond motifs is 2. The molecule has 3 amide bonds. The van der Waals surface area contributed by atoms with Gasteiger partial charge < -0.3 is 10.3 Å². The van der Waals surface area contributed by atoms with Gasteiger partial charge in [0.15, 0.2) is 0 Å². The van der Waals surface area contributed by atoms with E-state index in [4.69, 9.17) is 4.98 Å². The van der Waals surface area contributed by atoms with Crippen molar-refractivity contribution in [2.45, 2.75) is 24.9 Å². The molecule has 0 spiro atoms. The quantitative estimate of drug-likeness (QED) is 0.334. The van der Waals surface area contributed by atoms with Gasteiger partial charge in [0.25, 0.3) is 11.8 Å². The zero-order valence-electron chi connectivity index (χ0n) is 19.8. The van der Waals surface area contributed by atoms with E-state index in [9.17, 15) is 14.4 Å². The van der Waals surface area contributed by atoms with Crippen LogP contribution >= 0.6 is 11.8 Å². The highest BCUT2D eigenvalue weighted by Gasteiger charge is 2.43. The van der Waals surface area contributed by atoms with Crippen LogP contribution in [0.1, 0.15) is 44.6 Å². The highest BCUT2D eigenvalue weighted by Crippen LogP contribution is 2.27. The molecule has 1 aliphatic rings. The van der Waals surface area contributed by atoms with Crippen LogP contribution < -0.4 is 5.32 Å². The molecule has 8 heteroatoms. The van der Waals surface area contributed by atoms with E-state index >= 15 is 0 Å². The number of benzene rings is 3. The van der Waals surface area contributed by atoms with Crippen molar-refractivity contribution in [3.05, 3.63) is 101 Å². The van der Waals surface area contributed by atoms with Gasteiger partial charge >= 0.3 is 0 Å². The number of para-hydroxylation sites is 2. The molecule has 2 N–H and O–H groups in total. The van der Waals surface area contributed by atoms with Crippen LogP contribution in [0, 0.1) is 0 Å². The highest BCUT2D eigenvalue weighted by atomic mass is 32.2. The number of nitrogens with one attached hydrogen (secondary N) is 2. The fraction of sp³-hybridized carbons (Fsp3) is 0.214. The number of amides is 3. The predicted molar refractivity (Wildman–Crippen MR) is 141 cm³/mol. The molecular formula is C28H26N4O3S. The Morgan fingerprint density at radius 2 is 1.58 bits per heavy atom. The van der Waals surface area contributed by atoms with E-state index in [2.05, 4.69) is 10.3 Å². The SMILES string of the molecule is CSCCC(NC(=O)C(Cc1ccccc1)N1C(=O)c2ccccc2C1=O)c1nc2ccccc2[nH]1. The highest BCUT2D eigenvalue weighted by molar-refractivity contribution is 7.98. The summed E-state index contributed by atoms with van der Waals surface area (Å²) in [6.45, 7) is 0. The van der Waals surface area contributed by atoms with Gasteiger partial charge in [0.05, 0.1) is 28.2 Å². The molecule has 5 rings (SSSR count). The minimum absolute atomic E-state index is 0.216. The second-order valence-electron chi connectivity index (χ2n) is 8.71. The van der Waals surface area contributed by atoms with E-state index < -0.39 is 23.9 Å². The lowest BCUT2D eigenvalue weighted by Crippen LogP contribution is -2.51. The lowest BCUT2D eigenvalue weighted by atomic mass is 10.0. The largest absolute Gasteiger partial charge is 0.344 e. The summed E-state index contributed by atoms with van der Waals surface area (Å²) in [4.78, 5) is 49.5. The molecular weight excluding hydrogens is 472 g/mol. The summed E-state index contributed by atoms with van der Waals surface area (Å²) in [5.74, 6) is 0.171. The van der Waals surface area contributed by atoms with Crippen LogP contribution in [-0.2, 0) is 11.2 Å². The Balaban J connectivity index is 1.47. The molecule has 1 aromatic heterocycles. The van der Waals surface area contributed by atoms with Crippen LogP contribution in [0.4, 0.5) is 0 Å². The van der Waals surface area contributed by atoms with Crippen LogP contribution in [0.3, 0.4) is 0 Å². The van der Waals surface area contributed by atoms with Gasteiger partial charge in [-0.2, -0.15) is 11.8 Å². The van der Waals surface area contributed by atoms with Crippen LogP contribution in [0.15, 0.2) is 78.9 Å². The van der Waals surface area contributed by atoms with Crippen molar-refractivity contribution in [2.24, 2.45) is 0 Å². The first kappa shape index (κ1) is 23.8. The van der Waals surface area contributed by atoms with Gasteiger partial charge in [-0.25, -0.2) is 4.98 Å². The number of aromatic nitrogens is 2. The standard InChI is InChI=1S/C28H26N4O3S/c1-36-16-15-23(25-29-21-13-7-8-14-22(21)30-25)31-26(33)24(17-18-9-3-2-4-10-18)32-27(34)19-11-5-6-12-20(19)28(32)35/h2-14,23-24H,15-17H2,1H3,(H,29,30)(H,31,33). The van der Waals surface area contributed by atoms with Crippen molar-refractivity contribution in [2.75, 3.05) is 12.0 Å². The molecule has 0 saturated heterocycles. The van der Waals surface area contributed by atoms with Gasteiger partial charge in [-0.1, -0.05) is 54.6 Å². The van der Waals surface area contributed by atoms with E-state index in [1.165, 1.54) is 0 Å².